The summed E-state index contributed by atoms with van der Waals surface area (Å²) in [6.07, 6.45) is -0.250. The first-order valence-corrected chi connectivity index (χ1v) is 15.8. The van der Waals surface area contributed by atoms with Gasteiger partial charge in [0.1, 0.15) is 30.4 Å². The van der Waals surface area contributed by atoms with Crippen molar-refractivity contribution in [2.24, 2.45) is 0 Å². The zero-order valence-electron chi connectivity index (χ0n) is 26.1. The normalized spacial score (nSPS) is 18.0. The second-order valence-corrected chi connectivity index (χ2v) is 11.8. The van der Waals surface area contributed by atoms with Gasteiger partial charge >= 0.3 is 17.9 Å². The molecule has 3 aromatic carbocycles. The van der Waals surface area contributed by atoms with Gasteiger partial charge in [0.2, 0.25) is 11.8 Å². The van der Waals surface area contributed by atoms with Gasteiger partial charge in [-0.3, -0.25) is 19.2 Å². The molecule has 0 aliphatic carbocycles. The van der Waals surface area contributed by atoms with E-state index in [0.717, 1.165) is 0 Å². The third-order valence-electron chi connectivity index (χ3n) is 7.61. The molecule has 0 bridgehead atoms. The molecule has 13 heteroatoms. The lowest BCUT2D eigenvalue weighted by Gasteiger charge is -2.51. The van der Waals surface area contributed by atoms with Gasteiger partial charge in [-0.15, -0.1) is 11.8 Å². The van der Waals surface area contributed by atoms with Gasteiger partial charge in [-0.05, 0) is 34.7 Å². The molecule has 2 heterocycles. The maximum absolute atomic E-state index is 13.4. The molecule has 12 nitrogen and oxygen atoms in total. The highest BCUT2D eigenvalue weighted by Gasteiger charge is 2.56. The molecule has 2 aliphatic heterocycles. The number of esters is 3. The van der Waals surface area contributed by atoms with Crippen LogP contribution in [0, 0.1) is 0 Å². The van der Waals surface area contributed by atoms with Crippen molar-refractivity contribution in [3.05, 3.63) is 112 Å². The van der Waals surface area contributed by atoms with Crippen LogP contribution < -0.4 is 10.1 Å². The summed E-state index contributed by atoms with van der Waals surface area (Å²) >= 11 is 1.20. The average molecular weight is 673 g/mol. The number of ether oxygens (including phenoxy) is 4. The fourth-order valence-corrected chi connectivity index (χ4v) is 6.35. The quantitative estimate of drug-likeness (QED) is 0.123. The van der Waals surface area contributed by atoms with Gasteiger partial charge in [-0.2, -0.15) is 0 Å². The topological polar surface area (TPSA) is 155 Å². The van der Waals surface area contributed by atoms with Crippen LogP contribution in [-0.2, 0) is 46.4 Å². The van der Waals surface area contributed by atoms with Crippen LogP contribution in [0.15, 0.2) is 89.8 Å². The molecule has 0 saturated carbocycles. The molecular weight excluding hydrogens is 640 g/mol. The Bertz CT molecular complexity index is 1740. The highest BCUT2D eigenvalue weighted by atomic mass is 32.2. The van der Waals surface area contributed by atoms with E-state index in [1.807, 2.05) is 0 Å². The van der Waals surface area contributed by atoms with Crippen LogP contribution in [-0.4, -0.2) is 78.2 Å². The van der Waals surface area contributed by atoms with Gasteiger partial charge in [-0.1, -0.05) is 60.7 Å². The predicted molar refractivity (Wildman–Crippen MR) is 173 cm³/mol. The molecule has 2 aliphatic rings. The Morgan fingerprint density at radius 3 is 2.27 bits per heavy atom. The number of benzene rings is 3. The fourth-order valence-electron chi connectivity index (χ4n) is 5.14. The molecular formula is C35H32N2O10S. The molecule has 48 heavy (non-hydrogen) atoms. The van der Waals surface area contributed by atoms with Crippen molar-refractivity contribution in [1.29, 1.82) is 0 Å². The van der Waals surface area contributed by atoms with E-state index in [1.54, 1.807) is 78.2 Å². The zero-order valence-corrected chi connectivity index (χ0v) is 26.9. The van der Waals surface area contributed by atoms with Gasteiger partial charge in [0.05, 0.1) is 19.1 Å². The van der Waals surface area contributed by atoms with Crippen LogP contribution in [0.5, 0.6) is 5.75 Å². The van der Waals surface area contributed by atoms with E-state index in [0.29, 0.717) is 28.0 Å². The number of methoxy groups -OCH3 is 1. The standard InChI is InChI=1S/C35H32N2O10S/c1-21(38)45-18-25-20-48-33-30(32(41)37(33)31(25)35(43)46-17-22-12-14-26(44-2)15-13-22)36-29(40)16-24-10-6-7-11-27(24)34(42)47-19-28(39)23-8-4-3-5-9-23/h3-15,20,30-31,33H,16-19H2,1-2H3,(H,36,40)/t30?,31?,33-/m1/s1. The van der Waals surface area contributed by atoms with E-state index < -0.39 is 53.8 Å². The van der Waals surface area contributed by atoms with Crippen LogP contribution in [0.25, 0.3) is 0 Å². The SMILES string of the molecule is COc1ccc(COC(=O)C2C(COC(C)=O)=CS[C@@H]3C(NC(=O)Cc4ccccc4C(=O)OCC(=O)c4ccccc4)C(=O)N23)cc1. The number of β-lactam (4-membered cyclic amide) rings is 1. The molecule has 0 spiro atoms. The van der Waals surface area contributed by atoms with E-state index in [4.69, 9.17) is 18.9 Å². The summed E-state index contributed by atoms with van der Waals surface area (Å²) in [5.74, 6) is -2.83. The number of ketones is 1. The number of thioether (sulfide) groups is 1. The van der Waals surface area contributed by atoms with E-state index in [-0.39, 0.29) is 31.0 Å². The number of Topliss-reactive ketones (excluding diaryl/α,β-unsaturated/α-hetero) is 1. The summed E-state index contributed by atoms with van der Waals surface area (Å²) in [5.41, 5.74) is 1.92. The van der Waals surface area contributed by atoms with Gasteiger partial charge in [0.25, 0.3) is 0 Å². The van der Waals surface area contributed by atoms with Crippen LogP contribution in [0.3, 0.4) is 0 Å². The number of rotatable bonds is 13. The second kappa shape index (κ2) is 15.4. The average Bonchev–Trinajstić information content (AvgIpc) is 3.11. The predicted octanol–water partition coefficient (Wildman–Crippen LogP) is 3.24. The summed E-state index contributed by atoms with van der Waals surface area (Å²) in [6, 6.07) is 19.5. The Balaban J connectivity index is 1.22. The molecule has 1 N–H and O–H groups in total. The number of fused-ring (bicyclic) bond motifs is 1. The van der Waals surface area contributed by atoms with Gasteiger partial charge in [0.15, 0.2) is 18.4 Å². The number of hydrogen-bond donors (Lipinski definition) is 1. The number of carbonyl (C=O) groups excluding carboxylic acids is 6. The molecule has 3 aromatic rings. The summed E-state index contributed by atoms with van der Waals surface area (Å²) < 4.78 is 21.1. The molecule has 3 atom stereocenters. The zero-order chi connectivity index (χ0) is 34.2. The summed E-state index contributed by atoms with van der Waals surface area (Å²) in [4.78, 5) is 78.0. The molecule has 2 unspecified atom stereocenters. The van der Waals surface area contributed by atoms with Crippen molar-refractivity contribution in [1.82, 2.24) is 10.2 Å². The Morgan fingerprint density at radius 2 is 1.56 bits per heavy atom. The van der Waals surface area contributed by atoms with Gasteiger partial charge in [0, 0.05) is 18.1 Å². The first kappa shape index (κ1) is 33.9. The number of hydrogen-bond acceptors (Lipinski definition) is 11. The van der Waals surface area contributed by atoms with E-state index >= 15 is 0 Å². The highest BCUT2D eigenvalue weighted by Crippen LogP contribution is 2.40. The van der Waals surface area contributed by atoms with Crippen LogP contribution in [0.1, 0.15) is 38.8 Å². The molecule has 0 radical (unpaired) electrons. The van der Waals surface area contributed by atoms with E-state index in [2.05, 4.69) is 5.32 Å². The molecule has 1 fully saturated rings. The smallest absolute Gasteiger partial charge is 0.338 e. The number of carbonyl (C=O) groups is 6. The van der Waals surface area contributed by atoms with Crippen LogP contribution in [0.2, 0.25) is 0 Å². The molecule has 2 amide bonds. The second-order valence-electron chi connectivity index (χ2n) is 10.8. The Morgan fingerprint density at radius 1 is 0.854 bits per heavy atom. The minimum absolute atomic E-state index is 0.0670. The van der Waals surface area contributed by atoms with E-state index in [1.165, 1.54) is 36.8 Å². The van der Waals surface area contributed by atoms with Gasteiger partial charge < -0.3 is 29.2 Å². The number of nitrogens with zero attached hydrogens (tertiary/aromatic N) is 1. The molecule has 0 aromatic heterocycles. The Labute approximate surface area is 280 Å². The lowest BCUT2D eigenvalue weighted by molar-refractivity contribution is -0.164. The van der Waals surface area contributed by atoms with Crippen LogP contribution in [0.4, 0.5) is 0 Å². The maximum Gasteiger partial charge on any atom is 0.338 e. The minimum atomic E-state index is -1.16. The van der Waals surface area contributed by atoms with Crippen molar-refractivity contribution in [3.63, 3.8) is 0 Å². The van der Waals surface area contributed by atoms with Crippen molar-refractivity contribution in [2.45, 2.75) is 37.4 Å². The third-order valence-corrected chi connectivity index (χ3v) is 8.83. The summed E-state index contributed by atoms with van der Waals surface area (Å²) in [7, 11) is 1.54. The Kier molecular flexibility index (Phi) is 10.9. The molecule has 1 saturated heterocycles. The maximum atomic E-state index is 13.4. The summed E-state index contributed by atoms with van der Waals surface area (Å²) in [5, 5.41) is 3.71. The minimum Gasteiger partial charge on any atom is -0.497 e. The monoisotopic (exact) mass is 672 g/mol. The van der Waals surface area contributed by atoms with Crippen molar-refractivity contribution < 1.29 is 47.7 Å². The fraction of sp³-hybridized carbons (Fsp3) is 0.257. The third kappa shape index (κ3) is 7.92. The lowest BCUT2D eigenvalue weighted by atomic mass is 9.97. The van der Waals surface area contributed by atoms with E-state index in [9.17, 15) is 28.8 Å². The van der Waals surface area contributed by atoms with Gasteiger partial charge in [-0.25, -0.2) is 9.59 Å². The Hall–Kier alpha value is -5.43. The number of nitrogens with one attached hydrogen (secondary N) is 1. The lowest BCUT2D eigenvalue weighted by Crippen LogP contribution is -2.74. The first-order chi connectivity index (χ1) is 23.2. The largest absolute Gasteiger partial charge is 0.497 e. The van der Waals surface area contributed by atoms with Crippen LogP contribution >= 0.6 is 11.8 Å². The highest BCUT2D eigenvalue weighted by molar-refractivity contribution is 8.03. The van der Waals surface area contributed by atoms with Crippen molar-refractivity contribution >= 4 is 47.3 Å². The van der Waals surface area contributed by atoms with Crippen molar-refractivity contribution in [2.75, 3.05) is 20.3 Å². The molecule has 5 rings (SSSR count). The molecule has 248 valence electrons. The van der Waals surface area contributed by atoms with Crippen molar-refractivity contribution in [3.8, 4) is 5.75 Å². The first-order valence-electron chi connectivity index (χ1n) is 14.9. The summed E-state index contributed by atoms with van der Waals surface area (Å²) in [6.45, 7) is 0.481. The number of amides is 2.